The minimum atomic E-state index is -0.488. The average molecular weight is 420 g/mol. The van der Waals surface area contributed by atoms with Crippen LogP contribution in [-0.4, -0.2) is 40.6 Å². The van der Waals surface area contributed by atoms with E-state index in [0.29, 0.717) is 23.9 Å². The molecule has 2 aromatic carbocycles. The Morgan fingerprint density at radius 3 is 2.35 bits per heavy atom. The number of nitro groups is 1. The summed E-state index contributed by atoms with van der Waals surface area (Å²) in [6, 6.07) is 18.0. The van der Waals surface area contributed by atoms with Gasteiger partial charge in [-0.1, -0.05) is 12.1 Å². The highest BCUT2D eigenvalue weighted by Crippen LogP contribution is 2.25. The molecule has 1 aromatic heterocycles. The second-order valence-electron chi connectivity index (χ2n) is 7.10. The van der Waals surface area contributed by atoms with E-state index in [1.807, 2.05) is 48.5 Å². The number of carbonyl (C=O) groups is 1. The zero-order valence-electron chi connectivity index (χ0n) is 16.7. The molecule has 0 spiro atoms. The molecule has 1 atom stereocenters. The van der Waals surface area contributed by atoms with Crippen molar-refractivity contribution in [2.24, 2.45) is 0 Å². The van der Waals surface area contributed by atoms with Gasteiger partial charge in [-0.2, -0.15) is 0 Å². The SMILES string of the molecule is CN1C(=O)OC[C@@H]1Cc1ccc(Oc2ccc(Nc3ccc([N+](=O)[O-])cn3)cc2)cc1. The van der Waals surface area contributed by atoms with Gasteiger partial charge in [0.05, 0.1) is 11.0 Å². The molecule has 1 amide bonds. The monoisotopic (exact) mass is 420 g/mol. The Bertz CT molecular complexity index is 1070. The van der Waals surface area contributed by atoms with E-state index in [9.17, 15) is 14.9 Å². The van der Waals surface area contributed by atoms with E-state index >= 15 is 0 Å². The third-order valence-corrected chi connectivity index (χ3v) is 4.95. The van der Waals surface area contributed by atoms with Crippen LogP contribution in [0.5, 0.6) is 11.5 Å². The molecule has 1 aliphatic rings. The van der Waals surface area contributed by atoms with Gasteiger partial charge >= 0.3 is 6.09 Å². The zero-order valence-corrected chi connectivity index (χ0v) is 16.7. The first-order valence-corrected chi connectivity index (χ1v) is 9.62. The molecule has 9 nitrogen and oxygen atoms in total. The Hall–Kier alpha value is -4.14. The number of anilines is 2. The van der Waals surface area contributed by atoms with E-state index in [-0.39, 0.29) is 17.8 Å². The lowest BCUT2D eigenvalue weighted by Gasteiger charge is -2.16. The van der Waals surface area contributed by atoms with Crippen LogP contribution < -0.4 is 10.1 Å². The minimum absolute atomic E-state index is 0.0459. The lowest BCUT2D eigenvalue weighted by Crippen LogP contribution is -2.30. The summed E-state index contributed by atoms with van der Waals surface area (Å²) in [6.45, 7) is 0.406. The summed E-state index contributed by atoms with van der Waals surface area (Å²) < 4.78 is 10.9. The van der Waals surface area contributed by atoms with Crippen molar-refractivity contribution in [2.75, 3.05) is 19.0 Å². The van der Waals surface area contributed by atoms with Crippen molar-refractivity contribution in [1.82, 2.24) is 9.88 Å². The van der Waals surface area contributed by atoms with Crippen LogP contribution in [0.25, 0.3) is 0 Å². The fraction of sp³-hybridized carbons (Fsp3) is 0.182. The van der Waals surface area contributed by atoms with Crippen LogP contribution in [0.3, 0.4) is 0 Å². The van der Waals surface area contributed by atoms with Gasteiger partial charge in [0.2, 0.25) is 0 Å². The van der Waals surface area contributed by atoms with E-state index in [1.165, 1.54) is 12.3 Å². The summed E-state index contributed by atoms with van der Waals surface area (Å²) in [5, 5.41) is 13.8. The van der Waals surface area contributed by atoms with Gasteiger partial charge in [0, 0.05) is 18.8 Å². The molecule has 4 rings (SSSR count). The number of nitrogens with zero attached hydrogens (tertiary/aromatic N) is 3. The molecule has 1 fully saturated rings. The van der Waals surface area contributed by atoms with Crippen LogP contribution in [0.1, 0.15) is 5.56 Å². The van der Waals surface area contributed by atoms with Crippen LogP contribution in [0.4, 0.5) is 22.0 Å². The topological polar surface area (TPSA) is 107 Å². The highest BCUT2D eigenvalue weighted by Gasteiger charge is 2.29. The second-order valence-corrected chi connectivity index (χ2v) is 7.10. The number of likely N-dealkylation sites (N-methyl/N-ethyl adjacent to an activating group) is 1. The maximum absolute atomic E-state index is 11.4. The highest BCUT2D eigenvalue weighted by atomic mass is 16.6. The molecule has 158 valence electrons. The number of hydrogen-bond donors (Lipinski definition) is 1. The number of hydrogen-bond acceptors (Lipinski definition) is 7. The van der Waals surface area contributed by atoms with Gasteiger partial charge in [-0.25, -0.2) is 9.78 Å². The quantitative estimate of drug-likeness (QED) is 0.442. The fourth-order valence-corrected chi connectivity index (χ4v) is 3.15. The lowest BCUT2D eigenvalue weighted by atomic mass is 10.1. The van der Waals surface area contributed by atoms with E-state index in [4.69, 9.17) is 9.47 Å². The van der Waals surface area contributed by atoms with Gasteiger partial charge in [0.1, 0.15) is 30.1 Å². The number of cyclic esters (lactones) is 1. The van der Waals surface area contributed by atoms with Gasteiger partial charge in [-0.3, -0.25) is 10.1 Å². The molecule has 1 saturated heterocycles. The Morgan fingerprint density at radius 1 is 1.13 bits per heavy atom. The summed E-state index contributed by atoms with van der Waals surface area (Å²) in [5.74, 6) is 1.88. The summed E-state index contributed by atoms with van der Waals surface area (Å²) in [5.41, 5.74) is 1.82. The van der Waals surface area contributed by atoms with Gasteiger partial charge in [-0.05, 0) is 54.4 Å². The molecule has 0 radical (unpaired) electrons. The third kappa shape index (κ3) is 4.89. The Morgan fingerprint density at radius 2 is 1.81 bits per heavy atom. The van der Waals surface area contributed by atoms with Crippen molar-refractivity contribution in [3.63, 3.8) is 0 Å². The van der Waals surface area contributed by atoms with Gasteiger partial charge in [-0.15, -0.1) is 0 Å². The molecule has 0 bridgehead atoms. The minimum Gasteiger partial charge on any atom is -0.457 e. The largest absolute Gasteiger partial charge is 0.457 e. The number of benzene rings is 2. The lowest BCUT2D eigenvalue weighted by molar-refractivity contribution is -0.385. The van der Waals surface area contributed by atoms with Crippen molar-refractivity contribution in [3.8, 4) is 11.5 Å². The van der Waals surface area contributed by atoms with Gasteiger partial charge in [0.25, 0.3) is 5.69 Å². The van der Waals surface area contributed by atoms with Crippen LogP contribution in [0, 0.1) is 10.1 Å². The number of amides is 1. The predicted octanol–water partition coefficient (Wildman–Crippen LogP) is 4.52. The maximum Gasteiger partial charge on any atom is 0.409 e. The van der Waals surface area contributed by atoms with E-state index in [2.05, 4.69) is 10.3 Å². The van der Waals surface area contributed by atoms with Crippen molar-refractivity contribution < 1.29 is 19.2 Å². The molecule has 0 unspecified atom stereocenters. The smallest absolute Gasteiger partial charge is 0.409 e. The number of rotatable bonds is 7. The summed E-state index contributed by atoms with van der Waals surface area (Å²) >= 11 is 0. The molecule has 0 saturated carbocycles. The molecular weight excluding hydrogens is 400 g/mol. The van der Waals surface area contributed by atoms with E-state index < -0.39 is 4.92 Å². The average Bonchev–Trinajstić information content (AvgIpc) is 3.09. The standard InChI is InChI=1S/C22H20N4O5/c1-25-18(14-30-22(25)27)12-15-2-7-19(8-3-15)31-20-9-4-16(5-10-20)24-21-11-6-17(13-23-21)26(28)29/h2-11,13,18H,12,14H2,1H3,(H,23,24)/t18-/m0/s1. The summed E-state index contributed by atoms with van der Waals surface area (Å²) in [7, 11) is 1.74. The Labute approximate surface area is 178 Å². The van der Waals surface area contributed by atoms with Crippen LogP contribution in [-0.2, 0) is 11.2 Å². The highest BCUT2D eigenvalue weighted by molar-refractivity contribution is 5.69. The van der Waals surface area contributed by atoms with Crippen molar-refractivity contribution in [1.29, 1.82) is 0 Å². The van der Waals surface area contributed by atoms with Crippen molar-refractivity contribution in [2.45, 2.75) is 12.5 Å². The number of pyridine rings is 1. The molecule has 0 aliphatic carbocycles. The third-order valence-electron chi connectivity index (χ3n) is 4.95. The van der Waals surface area contributed by atoms with Crippen LogP contribution in [0.15, 0.2) is 66.9 Å². The molecule has 1 N–H and O–H groups in total. The van der Waals surface area contributed by atoms with Gasteiger partial charge < -0.3 is 19.7 Å². The Kier molecular flexibility index (Phi) is 5.65. The van der Waals surface area contributed by atoms with Gasteiger partial charge in [0.15, 0.2) is 0 Å². The summed E-state index contributed by atoms with van der Waals surface area (Å²) in [4.78, 5) is 27.3. The Balaban J connectivity index is 1.33. The molecule has 3 aromatic rings. The number of aromatic nitrogens is 1. The number of carbonyl (C=O) groups excluding carboxylic acids is 1. The molecule has 9 heteroatoms. The first-order valence-electron chi connectivity index (χ1n) is 9.62. The first-order chi connectivity index (χ1) is 15.0. The van der Waals surface area contributed by atoms with Crippen molar-refractivity contribution in [3.05, 3.63) is 82.5 Å². The number of nitrogens with one attached hydrogen (secondary N) is 1. The second kappa shape index (κ2) is 8.70. The zero-order chi connectivity index (χ0) is 21.8. The van der Waals surface area contributed by atoms with E-state index in [1.54, 1.807) is 18.0 Å². The van der Waals surface area contributed by atoms with E-state index in [0.717, 1.165) is 17.7 Å². The normalized spacial score (nSPS) is 15.5. The summed E-state index contributed by atoms with van der Waals surface area (Å²) in [6.07, 6.45) is 1.64. The molecular formula is C22H20N4O5. The van der Waals surface area contributed by atoms with Crippen molar-refractivity contribution >= 4 is 23.3 Å². The molecule has 31 heavy (non-hydrogen) atoms. The first kappa shape index (κ1) is 20.1. The number of ether oxygens (including phenoxy) is 2. The van der Waals surface area contributed by atoms with Crippen LogP contribution >= 0.6 is 0 Å². The van der Waals surface area contributed by atoms with Crippen LogP contribution in [0.2, 0.25) is 0 Å². The molecule has 2 heterocycles. The fourth-order valence-electron chi connectivity index (χ4n) is 3.15. The predicted molar refractivity (Wildman–Crippen MR) is 114 cm³/mol. The maximum atomic E-state index is 11.4. The molecule has 1 aliphatic heterocycles.